The Balaban J connectivity index is 1.17. The third-order valence-electron chi connectivity index (χ3n) is 7.02. The topological polar surface area (TPSA) is 82.6 Å². The lowest BCUT2D eigenvalue weighted by atomic mass is 10.0. The number of pyridine rings is 1. The second kappa shape index (κ2) is 9.89. The van der Waals surface area contributed by atoms with Crippen LogP contribution in [0.2, 0.25) is 0 Å². The summed E-state index contributed by atoms with van der Waals surface area (Å²) < 4.78 is 37.8. The van der Waals surface area contributed by atoms with Crippen molar-refractivity contribution in [3.63, 3.8) is 0 Å². The Labute approximate surface area is 210 Å². The van der Waals surface area contributed by atoms with Crippen LogP contribution >= 0.6 is 0 Å². The van der Waals surface area contributed by atoms with E-state index in [-0.39, 0.29) is 22.5 Å². The Morgan fingerprint density at radius 1 is 0.944 bits per heavy atom. The van der Waals surface area contributed by atoms with E-state index in [4.69, 9.17) is 0 Å². The molecule has 1 amide bonds. The van der Waals surface area contributed by atoms with Gasteiger partial charge < -0.3 is 15.1 Å². The van der Waals surface area contributed by atoms with Crippen molar-refractivity contribution in [1.29, 1.82) is 0 Å². The number of hydrogen-bond acceptors (Lipinski definition) is 6. The molecule has 2 saturated heterocycles. The van der Waals surface area contributed by atoms with Crippen LogP contribution in [-0.2, 0) is 14.6 Å². The fourth-order valence-electron chi connectivity index (χ4n) is 5.01. The molecular formula is C27H29FN4O3S. The molecule has 0 saturated carbocycles. The second-order valence-corrected chi connectivity index (χ2v) is 11.4. The van der Waals surface area contributed by atoms with Crippen LogP contribution < -0.4 is 10.2 Å². The first-order valence-corrected chi connectivity index (χ1v) is 14.0. The number of rotatable bonds is 6. The maximum absolute atomic E-state index is 14.5. The van der Waals surface area contributed by atoms with Gasteiger partial charge in [0.1, 0.15) is 17.7 Å². The third kappa shape index (κ3) is 5.06. The maximum atomic E-state index is 14.5. The molecule has 1 N–H and O–H groups in total. The standard InChI is InChI=1S/C27H29FN4O3S/c1-36(34,35)22-8-9-24(23(28)17-22)30-25-13-16-32(27(25)33)21-11-14-31(15-12-21)26-10-7-20(18-29-26)19-5-3-2-4-6-19/h2-10,17-18,21,25,30H,11-16H2,1H3. The van der Waals surface area contributed by atoms with E-state index in [9.17, 15) is 17.6 Å². The summed E-state index contributed by atoms with van der Waals surface area (Å²) in [5.41, 5.74) is 2.36. The SMILES string of the molecule is CS(=O)(=O)c1ccc(NC2CCN(C3CCN(c4ccc(-c5ccccc5)cn4)CC3)C2=O)c(F)c1. The van der Waals surface area contributed by atoms with Crippen LogP contribution in [0.15, 0.2) is 71.8 Å². The van der Waals surface area contributed by atoms with Crippen LogP contribution in [0.3, 0.4) is 0 Å². The Hall–Kier alpha value is -3.46. The summed E-state index contributed by atoms with van der Waals surface area (Å²) in [4.78, 5) is 21.8. The van der Waals surface area contributed by atoms with Crippen molar-refractivity contribution in [3.8, 4) is 11.1 Å². The van der Waals surface area contributed by atoms with Crippen molar-refractivity contribution < 1.29 is 17.6 Å². The number of hydrogen-bond donors (Lipinski definition) is 1. The van der Waals surface area contributed by atoms with Gasteiger partial charge in [0, 0.05) is 43.7 Å². The minimum absolute atomic E-state index is 0.0367. The van der Waals surface area contributed by atoms with Crippen molar-refractivity contribution in [1.82, 2.24) is 9.88 Å². The van der Waals surface area contributed by atoms with Crippen LogP contribution in [0.25, 0.3) is 11.1 Å². The average Bonchev–Trinajstić information content (AvgIpc) is 3.25. The lowest BCUT2D eigenvalue weighted by Gasteiger charge is -2.37. The number of aromatic nitrogens is 1. The van der Waals surface area contributed by atoms with Gasteiger partial charge >= 0.3 is 0 Å². The van der Waals surface area contributed by atoms with Crippen LogP contribution in [0.4, 0.5) is 15.9 Å². The Kier molecular flexibility index (Phi) is 6.66. The summed E-state index contributed by atoms with van der Waals surface area (Å²) in [6.45, 7) is 2.24. The Morgan fingerprint density at radius 3 is 2.33 bits per heavy atom. The quantitative estimate of drug-likeness (QED) is 0.543. The molecule has 9 heteroatoms. The molecule has 2 aromatic carbocycles. The highest BCUT2D eigenvalue weighted by Gasteiger charge is 2.37. The van der Waals surface area contributed by atoms with Gasteiger partial charge in [-0.3, -0.25) is 4.79 Å². The first kappa shape index (κ1) is 24.2. The summed E-state index contributed by atoms with van der Waals surface area (Å²) in [5, 5.41) is 2.98. The number of carbonyl (C=O) groups excluding carboxylic acids is 1. The molecule has 7 nitrogen and oxygen atoms in total. The highest BCUT2D eigenvalue weighted by molar-refractivity contribution is 7.90. The molecule has 3 aromatic rings. The number of halogens is 1. The summed E-state index contributed by atoms with van der Waals surface area (Å²) in [5.74, 6) is 0.224. The van der Waals surface area contributed by atoms with Crippen LogP contribution in [0.5, 0.6) is 0 Å². The van der Waals surface area contributed by atoms with E-state index in [0.717, 1.165) is 55.2 Å². The number of piperidine rings is 1. The molecule has 1 atom stereocenters. The largest absolute Gasteiger partial charge is 0.371 e. The van der Waals surface area contributed by atoms with Gasteiger partial charge in [0.2, 0.25) is 5.91 Å². The third-order valence-corrected chi connectivity index (χ3v) is 8.13. The van der Waals surface area contributed by atoms with Gasteiger partial charge in [-0.05, 0) is 55.2 Å². The zero-order valence-electron chi connectivity index (χ0n) is 20.1. The molecule has 0 radical (unpaired) electrons. The molecule has 36 heavy (non-hydrogen) atoms. The fraction of sp³-hybridized carbons (Fsp3) is 0.333. The average molecular weight is 509 g/mol. The van der Waals surface area contributed by atoms with E-state index < -0.39 is 21.7 Å². The maximum Gasteiger partial charge on any atom is 0.245 e. The molecule has 2 aliphatic rings. The fourth-order valence-corrected chi connectivity index (χ4v) is 5.64. The highest BCUT2D eigenvalue weighted by atomic mass is 32.2. The number of carbonyl (C=O) groups is 1. The Morgan fingerprint density at radius 2 is 1.69 bits per heavy atom. The van der Waals surface area contributed by atoms with Gasteiger partial charge in [-0.25, -0.2) is 17.8 Å². The first-order chi connectivity index (χ1) is 17.3. The van der Waals surface area contributed by atoms with E-state index in [0.29, 0.717) is 13.0 Å². The van der Waals surface area contributed by atoms with E-state index in [1.165, 1.54) is 12.1 Å². The van der Waals surface area contributed by atoms with Crippen molar-refractivity contribution in [3.05, 3.63) is 72.7 Å². The van der Waals surface area contributed by atoms with Gasteiger partial charge in [0.15, 0.2) is 9.84 Å². The molecule has 2 fully saturated rings. The molecule has 0 aliphatic carbocycles. The van der Waals surface area contributed by atoms with Gasteiger partial charge in [-0.1, -0.05) is 30.3 Å². The molecule has 1 unspecified atom stereocenters. The number of likely N-dealkylation sites (tertiary alicyclic amines) is 1. The number of sulfone groups is 1. The summed E-state index contributed by atoms with van der Waals surface area (Å²) in [6.07, 6.45) is 5.21. The van der Waals surface area contributed by atoms with Crippen molar-refractivity contribution >= 4 is 27.2 Å². The van der Waals surface area contributed by atoms with E-state index in [1.54, 1.807) is 0 Å². The monoisotopic (exact) mass is 508 g/mol. The Bertz CT molecular complexity index is 1340. The number of nitrogens with zero attached hydrogens (tertiary/aromatic N) is 3. The van der Waals surface area contributed by atoms with Gasteiger partial charge in [-0.2, -0.15) is 0 Å². The lowest BCUT2D eigenvalue weighted by molar-refractivity contribution is -0.130. The molecule has 5 rings (SSSR count). The minimum atomic E-state index is -3.49. The summed E-state index contributed by atoms with van der Waals surface area (Å²) in [6, 6.07) is 17.6. The van der Waals surface area contributed by atoms with Crippen molar-refractivity contribution in [2.24, 2.45) is 0 Å². The summed E-state index contributed by atoms with van der Waals surface area (Å²) in [7, 11) is -3.49. The molecule has 0 spiro atoms. The zero-order valence-corrected chi connectivity index (χ0v) is 20.9. The number of benzene rings is 2. The minimum Gasteiger partial charge on any atom is -0.371 e. The predicted molar refractivity (Wildman–Crippen MR) is 138 cm³/mol. The van der Waals surface area contributed by atoms with Crippen molar-refractivity contribution in [2.75, 3.05) is 36.1 Å². The van der Waals surface area contributed by atoms with Gasteiger partial charge in [0.25, 0.3) is 0 Å². The van der Waals surface area contributed by atoms with E-state index in [1.807, 2.05) is 35.4 Å². The number of amides is 1. The molecule has 188 valence electrons. The van der Waals surface area contributed by atoms with E-state index in [2.05, 4.69) is 33.4 Å². The second-order valence-electron chi connectivity index (χ2n) is 9.42. The number of nitrogens with one attached hydrogen (secondary N) is 1. The van der Waals surface area contributed by atoms with Crippen molar-refractivity contribution in [2.45, 2.75) is 36.2 Å². The molecule has 2 aliphatic heterocycles. The van der Waals surface area contributed by atoms with Gasteiger partial charge in [0.05, 0.1) is 10.6 Å². The van der Waals surface area contributed by atoms with Crippen LogP contribution in [0, 0.1) is 5.82 Å². The number of anilines is 2. The van der Waals surface area contributed by atoms with Gasteiger partial charge in [-0.15, -0.1) is 0 Å². The summed E-state index contributed by atoms with van der Waals surface area (Å²) >= 11 is 0. The lowest BCUT2D eigenvalue weighted by Crippen LogP contribution is -2.47. The van der Waals surface area contributed by atoms with Crippen LogP contribution in [0.1, 0.15) is 19.3 Å². The smallest absolute Gasteiger partial charge is 0.245 e. The predicted octanol–water partition coefficient (Wildman–Crippen LogP) is 3.97. The molecular weight excluding hydrogens is 479 g/mol. The highest BCUT2D eigenvalue weighted by Crippen LogP contribution is 2.28. The normalized spacial score (nSPS) is 19.1. The molecule has 1 aromatic heterocycles. The van der Waals surface area contributed by atoms with Crippen LogP contribution in [-0.4, -0.2) is 62.2 Å². The zero-order chi connectivity index (χ0) is 25.3. The van der Waals surface area contributed by atoms with E-state index >= 15 is 0 Å². The first-order valence-electron chi connectivity index (χ1n) is 12.1. The molecule has 3 heterocycles. The molecule has 0 bridgehead atoms.